The van der Waals surface area contributed by atoms with Gasteiger partial charge in [-0.25, -0.2) is 14.2 Å². The summed E-state index contributed by atoms with van der Waals surface area (Å²) in [6.07, 6.45) is 0. The minimum atomic E-state index is -4.96. The predicted molar refractivity (Wildman–Crippen MR) is 53.0 cm³/mol. The van der Waals surface area contributed by atoms with Crippen molar-refractivity contribution in [1.82, 2.24) is 0 Å². The SMILES string of the molecule is O=C(O)c1cccc(OP(=O)(O)O)c1C(=O)O. The van der Waals surface area contributed by atoms with Crippen LogP contribution < -0.4 is 4.52 Å². The normalized spacial score (nSPS) is 10.9. The molecule has 0 heterocycles. The summed E-state index contributed by atoms with van der Waals surface area (Å²) in [6, 6.07) is 3.05. The van der Waals surface area contributed by atoms with E-state index in [-0.39, 0.29) is 0 Å². The van der Waals surface area contributed by atoms with E-state index in [1.54, 1.807) is 0 Å². The van der Waals surface area contributed by atoms with Crippen molar-refractivity contribution in [3.05, 3.63) is 29.3 Å². The number of phosphoric ester groups is 1. The molecular weight excluding hydrogens is 255 g/mol. The molecule has 1 rings (SSSR count). The molecule has 0 aliphatic rings. The molecule has 1 aromatic carbocycles. The maximum Gasteiger partial charge on any atom is 0.524 e. The van der Waals surface area contributed by atoms with Crippen molar-refractivity contribution in [3.63, 3.8) is 0 Å². The number of carboxylic acids is 2. The second kappa shape index (κ2) is 4.54. The lowest BCUT2D eigenvalue weighted by molar-refractivity contribution is 0.0649. The van der Waals surface area contributed by atoms with Gasteiger partial charge in [-0.2, -0.15) is 0 Å². The largest absolute Gasteiger partial charge is 0.524 e. The zero-order valence-electron chi connectivity index (χ0n) is 8.10. The monoisotopic (exact) mass is 262 g/mol. The van der Waals surface area contributed by atoms with Gasteiger partial charge >= 0.3 is 19.8 Å². The van der Waals surface area contributed by atoms with Crippen LogP contribution >= 0.6 is 7.82 Å². The second-order valence-electron chi connectivity index (χ2n) is 2.87. The van der Waals surface area contributed by atoms with E-state index in [2.05, 4.69) is 4.52 Å². The lowest BCUT2D eigenvalue weighted by Gasteiger charge is -2.10. The Hall–Kier alpha value is -1.89. The Bertz CT molecular complexity index is 516. The average Bonchev–Trinajstić information content (AvgIpc) is 2.14. The number of aromatic carboxylic acids is 2. The van der Waals surface area contributed by atoms with Gasteiger partial charge in [-0.05, 0) is 12.1 Å². The minimum absolute atomic E-state index is 0.622. The first-order valence-electron chi connectivity index (χ1n) is 4.07. The van der Waals surface area contributed by atoms with E-state index >= 15 is 0 Å². The van der Waals surface area contributed by atoms with Gasteiger partial charge in [0.25, 0.3) is 0 Å². The summed E-state index contributed by atoms with van der Waals surface area (Å²) < 4.78 is 14.7. The highest BCUT2D eigenvalue weighted by atomic mass is 31.2. The van der Waals surface area contributed by atoms with E-state index in [9.17, 15) is 14.2 Å². The average molecular weight is 262 g/mol. The van der Waals surface area contributed by atoms with E-state index in [1.807, 2.05) is 0 Å². The molecule has 0 spiro atoms. The van der Waals surface area contributed by atoms with Crippen LogP contribution in [0.1, 0.15) is 20.7 Å². The molecular formula is C8H7O8P. The molecule has 0 saturated carbocycles. The van der Waals surface area contributed by atoms with Crippen molar-refractivity contribution < 1.29 is 38.7 Å². The Balaban J connectivity index is 3.40. The number of hydrogen-bond donors (Lipinski definition) is 4. The molecule has 0 radical (unpaired) electrons. The summed E-state index contributed by atoms with van der Waals surface area (Å²) in [7, 11) is -4.96. The molecule has 8 nitrogen and oxygen atoms in total. The van der Waals surface area contributed by atoms with Crippen molar-refractivity contribution >= 4 is 19.8 Å². The molecule has 4 N–H and O–H groups in total. The van der Waals surface area contributed by atoms with Crippen molar-refractivity contribution in [3.8, 4) is 5.75 Å². The Kier molecular flexibility index (Phi) is 3.52. The summed E-state index contributed by atoms with van der Waals surface area (Å²) in [5, 5.41) is 17.5. The van der Waals surface area contributed by atoms with E-state index in [0.29, 0.717) is 0 Å². The molecule has 0 atom stereocenters. The lowest BCUT2D eigenvalue weighted by Crippen LogP contribution is -2.10. The second-order valence-corrected chi connectivity index (χ2v) is 4.03. The summed E-state index contributed by atoms with van der Waals surface area (Å²) in [5.74, 6) is -3.91. The van der Waals surface area contributed by atoms with E-state index in [0.717, 1.165) is 18.2 Å². The van der Waals surface area contributed by atoms with Crippen LogP contribution in [-0.2, 0) is 4.57 Å². The number of hydrogen-bond acceptors (Lipinski definition) is 4. The van der Waals surface area contributed by atoms with Gasteiger partial charge in [-0.15, -0.1) is 0 Å². The van der Waals surface area contributed by atoms with Gasteiger partial charge in [-0.3, -0.25) is 9.79 Å². The van der Waals surface area contributed by atoms with Gasteiger partial charge in [0.1, 0.15) is 11.3 Å². The third-order valence-electron chi connectivity index (χ3n) is 1.69. The smallest absolute Gasteiger partial charge is 0.478 e. The van der Waals surface area contributed by atoms with Gasteiger partial charge in [-0.1, -0.05) is 6.07 Å². The lowest BCUT2D eigenvalue weighted by atomic mass is 10.1. The van der Waals surface area contributed by atoms with Gasteiger partial charge < -0.3 is 14.7 Å². The van der Waals surface area contributed by atoms with Crippen molar-refractivity contribution in [2.24, 2.45) is 0 Å². The third kappa shape index (κ3) is 3.28. The fraction of sp³-hybridized carbons (Fsp3) is 0. The van der Waals surface area contributed by atoms with E-state index in [4.69, 9.17) is 20.0 Å². The highest BCUT2D eigenvalue weighted by molar-refractivity contribution is 7.46. The summed E-state index contributed by atoms with van der Waals surface area (Å²) in [5.41, 5.74) is -1.44. The van der Waals surface area contributed by atoms with Crippen molar-refractivity contribution in [1.29, 1.82) is 0 Å². The minimum Gasteiger partial charge on any atom is -0.478 e. The number of rotatable bonds is 4. The quantitative estimate of drug-likeness (QED) is 0.576. The Morgan fingerprint density at radius 1 is 1.12 bits per heavy atom. The summed E-state index contributed by atoms with van der Waals surface area (Å²) in [6.45, 7) is 0. The van der Waals surface area contributed by atoms with Gasteiger partial charge in [0, 0.05) is 0 Å². The number of benzene rings is 1. The molecule has 0 amide bonds. The first kappa shape index (κ1) is 13.2. The Morgan fingerprint density at radius 3 is 2.12 bits per heavy atom. The standard InChI is InChI=1S/C8H7O8P/c9-7(10)4-2-1-3-5(6(4)8(11)12)16-17(13,14)15/h1-3H,(H,9,10)(H,11,12)(H2,13,14,15). The predicted octanol–water partition coefficient (Wildman–Crippen LogP) is 0.554. The maximum absolute atomic E-state index is 10.8. The first-order valence-corrected chi connectivity index (χ1v) is 5.60. The van der Waals surface area contributed by atoms with Crippen molar-refractivity contribution in [2.75, 3.05) is 0 Å². The zero-order chi connectivity index (χ0) is 13.2. The van der Waals surface area contributed by atoms with Gasteiger partial charge in [0.2, 0.25) is 0 Å². The third-order valence-corrected chi connectivity index (χ3v) is 2.12. The number of phosphoric acid groups is 1. The topological polar surface area (TPSA) is 141 Å². The van der Waals surface area contributed by atoms with Crippen molar-refractivity contribution in [2.45, 2.75) is 0 Å². The molecule has 0 aromatic heterocycles. The van der Waals surface area contributed by atoms with Crippen LogP contribution in [0, 0.1) is 0 Å². The van der Waals surface area contributed by atoms with Crippen LogP contribution in [0.4, 0.5) is 0 Å². The molecule has 17 heavy (non-hydrogen) atoms. The van der Waals surface area contributed by atoms with Gasteiger partial charge in [0.05, 0.1) is 5.56 Å². The van der Waals surface area contributed by atoms with Crippen LogP contribution in [0.15, 0.2) is 18.2 Å². The van der Waals surface area contributed by atoms with Crippen LogP contribution in [0.5, 0.6) is 5.75 Å². The Morgan fingerprint density at radius 2 is 1.71 bits per heavy atom. The number of carbonyl (C=O) groups is 2. The molecule has 0 unspecified atom stereocenters. The summed E-state index contributed by atoms with van der Waals surface area (Å²) >= 11 is 0. The fourth-order valence-electron chi connectivity index (χ4n) is 1.13. The molecule has 9 heteroatoms. The Labute approximate surface area is 94.3 Å². The van der Waals surface area contributed by atoms with Crippen LogP contribution in [0.2, 0.25) is 0 Å². The fourth-order valence-corrected chi connectivity index (χ4v) is 1.54. The molecule has 1 aromatic rings. The van der Waals surface area contributed by atoms with Crippen LogP contribution in [0.3, 0.4) is 0 Å². The maximum atomic E-state index is 10.8. The van der Waals surface area contributed by atoms with E-state index < -0.39 is 36.6 Å². The van der Waals surface area contributed by atoms with Crippen LogP contribution in [-0.4, -0.2) is 31.9 Å². The molecule has 0 aliphatic carbocycles. The van der Waals surface area contributed by atoms with Crippen LogP contribution in [0.25, 0.3) is 0 Å². The summed E-state index contributed by atoms with van der Waals surface area (Å²) in [4.78, 5) is 38.7. The zero-order valence-corrected chi connectivity index (χ0v) is 9.00. The molecule has 0 aliphatic heterocycles. The molecule has 0 fully saturated rings. The number of carboxylic acid groups (broad SMARTS) is 2. The molecule has 92 valence electrons. The molecule has 0 saturated heterocycles. The van der Waals surface area contributed by atoms with Gasteiger partial charge in [0.15, 0.2) is 0 Å². The first-order chi connectivity index (χ1) is 7.72. The highest BCUT2D eigenvalue weighted by Gasteiger charge is 2.25. The molecule has 0 bridgehead atoms. The van der Waals surface area contributed by atoms with E-state index in [1.165, 1.54) is 0 Å². The highest BCUT2D eigenvalue weighted by Crippen LogP contribution is 2.39.